The molecule has 0 aliphatic carbocycles. The number of carbonyl (C=O) groups excluding carboxylic acids is 2. The summed E-state index contributed by atoms with van der Waals surface area (Å²) in [6.07, 6.45) is -5.49. The van der Waals surface area contributed by atoms with E-state index in [4.69, 9.17) is 21.1 Å². The summed E-state index contributed by atoms with van der Waals surface area (Å²) in [6, 6.07) is 2.60. The summed E-state index contributed by atoms with van der Waals surface area (Å²) in [4.78, 5) is 45.4. The van der Waals surface area contributed by atoms with E-state index in [0.29, 0.717) is 18.7 Å². The summed E-state index contributed by atoms with van der Waals surface area (Å²) >= 11 is 9.20. The predicted octanol–water partition coefficient (Wildman–Crippen LogP) is 6.13. The molecule has 1 aliphatic rings. The topological polar surface area (TPSA) is 120 Å². The maximum Gasteiger partial charge on any atom is 0.416 e. The van der Waals surface area contributed by atoms with E-state index in [9.17, 15) is 27.6 Å². The van der Waals surface area contributed by atoms with Crippen LogP contribution in [0.15, 0.2) is 27.7 Å². The molecule has 16 heteroatoms. The molecular formula is C27H31BrClF3N6O5. The standard InChI is InChI=1S/C27H31BrClF3N6O5/c1-6-10-36(25(41)43-26(3,4)5)11-9-18-20-21(14(2)42-18)37(24-34-23(28)35-38(24)22(20)40)13-19(39)33-17-8-7-15(12-16(17)29)27(30,31)32/h7-8,12,14,18H,6,9-11,13H2,1-5H3,(H,33,39). The Morgan fingerprint density at radius 2 is 1.93 bits per heavy atom. The lowest BCUT2D eigenvalue weighted by Crippen LogP contribution is -2.38. The van der Waals surface area contributed by atoms with Crippen molar-refractivity contribution >= 4 is 51.0 Å². The fourth-order valence-corrected chi connectivity index (χ4v) is 5.39. The van der Waals surface area contributed by atoms with E-state index < -0.39 is 47.1 Å². The molecule has 0 saturated carbocycles. The molecule has 2 atom stereocenters. The first-order valence-corrected chi connectivity index (χ1v) is 14.7. The van der Waals surface area contributed by atoms with Gasteiger partial charge in [-0.2, -0.15) is 22.7 Å². The molecule has 0 bridgehead atoms. The predicted molar refractivity (Wildman–Crippen MR) is 155 cm³/mol. The Morgan fingerprint density at radius 1 is 1.23 bits per heavy atom. The molecule has 2 amide bonds. The number of carbonyl (C=O) groups is 2. The maximum absolute atomic E-state index is 13.6. The highest BCUT2D eigenvalue weighted by molar-refractivity contribution is 9.10. The van der Waals surface area contributed by atoms with Gasteiger partial charge in [-0.25, -0.2) is 4.79 Å². The van der Waals surface area contributed by atoms with E-state index in [1.165, 1.54) is 4.57 Å². The van der Waals surface area contributed by atoms with Gasteiger partial charge in [0.1, 0.15) is 12.1 Å². The third-order valence-corrected chi connectivity index (χ3v) is 7.20. The minimum absolute atomic E-state index is 0.0173. The molecule has 43 heavy (non-hydrogen) atoms. The van der Waals surface area contributed by atoms with Crippen LogP contribution in [0.2, 0.25) is 5.02 Å². The summed E-state index contributed by atoms with van der Waals surface area (Å²) < 4.78 is 53.4. The number of nitrogens with one attached hydrogen (secondary N) is 1. The van der Waals surface area contributed by atoms with Gasteiger partial charge < -0.3 is 24.3 Å². The zero-order valence-corrected chi connectivity index (χ0v) is 26.4. The highest BCUT2D eigenvalue weighted by Gasteiger charge is 2.38. The van der Waals surface area contributed by atoms with Crippen molar-refractivity contribution in [2.75, 3.05) is 18.4 Å². The summed E-state index contributed by atoms with van der Waals surface area (Å²) in [7, 11) is 0. The number of hydrogen-bond donors (Lipinski definition) is 1. The van der Waals surface area contributed by atoms with Crippen LogP contribution in [-0.4, -0.2) is 54.8 Å². The maximum atomic E-state index is 13.6. The minimum atomic E-state index is -4.59. The molecule has 0 fully saturated rings. The molecule has 0 spiro atoms. The van der Waals surface area contributed by atoms with E-state index in [0.717, 1.165) is 22.7 Å². The number of alkyl halides is 3. The van der Waals surface area contributed by atoms with Crippen LogP contribution in [0.5, 0.6) is 0 Å². The van der Waals surface area contributed by atoms with E-state index >= 15 is 0 Å². The Bertz CT molecular complexity index is 1600. The van der Waals surface area contributed by atoms with Crippen molar-refractivity contribution in [2.45, 2.75) is 78.0 Å². The van der Waals surface area contributed by atoms with Crippen molar-refractivity contribution in [2.24, 2.45) is 0 Å². The highest BCUT2D eigenvalue weighted by Crippen LogP contribution is 2.40. The van der Waals surface area contributed by atoms with Gasteiger partial charge in [0.2, 0.25) is 16.4 Å². The molecule has 3 heterocycles. The summed E-state index contributed by atoms with van der Waals surface area (Å²) in [5.41, 5.74) is -1.48. The fourth-order valence-electron chi connectivity index (χ4n) is 4.85. The summed E-state index contributed by atoms with van der Waals surface area (Å²) in [6.45, 7) is 9.28. The number of halogens is 5. The number of amides is 2. The number of hydrogen-bond acceptors (Lipinski definition) is 7. The first-order valence-electron chi connectivity index (χ1n) is 13.5. The Balaban J connectivity index is 1.64. The number of ether oxygens (including phenoxy) is 2. The molecule has 234 valence electrons. The largest absolute Gasteiger partial charge is 0.444 e. The van der Waals surface area contributed by atoms with Crippen molar-refractivity contribution < 1.29 is 32.2 Å². The summed E-state index contributed by atoms with van der Waals surface area (Å²) in [5, 5.41) is 6.36. The van der Waals surface area contributed by atoms with Crippen LogP contribution in [0.1, 0.15) is 76.5 Å². The third-order valence-electron chi connectivity index (χ3n) is 6.55. The zero-order chi connectivity index (χ0) is 31.9. The van der Waals surface area contributed by atoms with Crippen LogP contribution in [0.25, 0.3) is 5.78 Å². The van der Waals surface area contributed by atoms with E-state index in [-0.39, 0.29) is 46.3 Å². The molecule has 1 N–H and O–H groups in total. The Hall–Kier alpha value is -3.17. The number of anilines is 1. The molecule has 11 nitrogen and oxygen atoms in total. The van der Waals surface area contributed by atoms with Gasteiger partial charge in [-0.05, 0) is 74.7 Å². The van der Waals surface area contributed by atoms with Crippen LogP contribution >= 0.6 is 27.5 Å². The lowest BCUT2D eigenvalue weighted by Gasteiger charge is -2.28. The molecule has 2 aromatic heterocycles. The van der Waals surface area contributed by atoms with Crippen molar-refractivity contribution in [3.8, 4) is 0 Å². The number of nitrogens with zero attached hydrogens (tertiary/aromatic N) is 5. The summed E-state index contributed by atoms with van der Waals surface area (Å²) in [5.74, 6) is -0.579. The van der Waals surface area contributed by atoms with Gasteiger partial charge in [0, 0.05) is 13.1 Å². The van der Waals surface area contributed by atoms with Gasteiger partial charge in [0.15, 0.2) is 0 Å². The second-order valence-corrected chi connectivity index (χ2v) is 12.2. The molecule has 1 aromatic carbocycles. The molecular weight excluding hydrogens is 661 g/mol. The van der Waals surface area contributed by atoms with Crippen LogP contribution < -0.4 is 10.9 Å². The van der Waals surface area contributed by atoms with Gasteiger partial charge in [-0.3, -0.25) is 9.59 Å². The van der Waals surface area contributed by atoms with Gasteiger partial charge in [-0.15, -0.1) is 5.10 Å². The second kappa shape index (κ2) is 12.4. The first-order chi connectivity index (χ1) is 20.0. The SMILES string of the molecule is CCCN(CCC1OC(C)c2c1c(=O)n1nc(Br)nc1n2CC(=O)Nc1ccc(C(F)(F)F)cc1Cl)C(=O)OC(C)(C)C. The quantitative estimate of drug-likeness (QED) is 0.302. The van der Waals surface area contributed by atoms with Gasteiger partial charge >= 0.3 is 12.3 Å². The Labute approximate surface area is 258 Å². The van der Waals surface area contributed by atoms with Gasteiger partial charge in [-0.1, -0.05) is 18.5 Å². The van der Waals surface area contributed by atoms with Crippen molar-refractivity contribution in [3.63, 3.8) is 0 Å². The van der Waals surface area contributed by atoms with Crippen molar-refractivity contribution in [1.29, 1.82) is 0 Å². The number of benzene rings is 1. The minimum Gasteiger partial charge on any atom is -0.444 e. The van der Waals surface area contributed by atoms with E-state index in [1.54, 1.807) is 32.6 Å². The average Bonchev–Trinajstić information content (AvgIpc) is 3.43. The molecule has 4 rings (SSSR count). The lowest BCUT2D eigenvalue weighted by atomic mass is 10.1. The monoisotopic (exact) mass is 690 g/mol. The van der Waals surface area contributed by atoms with Crippen molar-refractivity contribution in [3.05, 3.63) is 55.1 Å². The van der Waals surface area contributed by atoms with E-state index in [1.807, 2.05) is 6.92 Å². The molecule has 0 saturated heterocycles. The van der Waals surface area contributed by atoms with Crippen LogP contribution in [0.3, 0.4) is 0 Å². The first kappa shape index (κ1) is 32.7. The van der Waals surface area contributed by atoms with Gasteiger partial charge in [0.05, 0.1) is 39.7 Å². The second-order valence-electron chi connectivity index (χ2n) is 11.0. The van der Waals surface area contributed by atoms with Gasteiger partial charge in [0.25, 0.3) is 5.56 Å². The molecule has 1 aliphatic heterocycles. The molecule has 0 radical (unpaired) electrons. The van der Waals surface area contributed by atoms with Crippen molar-refractivity contribution in [1.82, 2.24) is 24.1 Å². The number of fused-ring (bicyclic) bond motifs is 2. The Kier molecular flexibility index (Phi) is 9.47. The Morgan fingerprint density at radius 3 is 2.53 bits per heavy atom. The smallest absolute Gasteiger partial charge is 0.416 e. The van der Waals surface area contributed by atoms with Crippen LogP contribution in [0.4, 0.5) is 23.7 Å². The van der Waals surface area contributed by atoms with E-state index in [2.05, 4.69) is 31.3 Å². The lowest BCUT2D eigenvalue weighted by molar-refractivity contribution is -0.137. The zero-order valence-electron chi connectivity index (χ0n) is 24.1. The fraction of sp³-hybridized carbons (Fsp3) is 0.519. The average molecular weight is 692 g/mol. The molecule has 2 unspecified atom stereocenters. The normalized spacial score (nSPS) is 16.8. The third kappa shape index (κ3) is 7.32. The van der Waals surface area contributed by atoms with Crippen LogP contribution in [-0.2, 0) is 27.0 Å². The number of aromatic nitrogens is 4. The molecule has 3 aromatic rings. The highest BCUT2D eigenvalue weighted by atomic mass is 79.9. The number of rotatable bonds is 8. The van der Waals surface area contributed by atoms with Crippen LogP contribution in [0, 0.1) is 0 Å².